The Kier molecular flexibility index (Phi) is 3.10. The Balaban J connectivity index is 3.56. The van der Waals surface area contributed by atoms with E-state index in [-0.39, 0.29) is 16.9 Å². The number of hydrogen-bond donors (Lipinski definition) is 1. The molecule has 0 aliphatic carbocycles. The molecule has 0 fully saturated rings. The SMILES string of the molecule is COc1c(Br)cc(F)c(C)c1C(=O)O. The molecular formula is C9H8BrFO3. The maximum absolute atomic E-state index is 13.2. The molecule has 3 nitrogen and oxygen atoms in total. The van der Waals surface area contributed by atoms with Crippen LogP contribution in [-0.4, -0.2) is 18.2 Å². The summed E-state index contributed by atoms with van der Waals surface area (Å²) in [5.41, 5.74) is -0.0862. The molecule has 1 rings (SSSR count). The normalized spacial score (nSPS) is 10.0. The molecule has 76 valence electrons. The van der Waals surface area contributed by atoms with E-state index in [2.05, 4.69) is 15.9 Å². The molecule has 14 heavy (non-hydrogen) atoms. The fourth-order valence-electron chi connectivity index (χ4n) is 1.15. The average Bonchev–Trinajstić information content (AvgIpc) is 2.10. The smallest absolute Gasteiger partial charge is 0.339 e. The van der Waals surface area contributed by atoms with E-state index in [1.807, 2.05) is 0 Å². The van der Waals surface area contributed by atoms with Crippen molar-refractivity contribution in [2.75, 3.05) is 7.11 Å². The van der Waals surface area contributed by atoms with E-state index >= 15 is 0 Å². The zero-order valence-electron chi connectivity index (χ0n) is 7.60. The highest BCUT2D eigenvalue weighted by Gasteiger charge is 2.20. The molecule has 0 atom stereocenters. The minimum atomic E-state index is -1.21. The van der Waals surface area contributed by atoms with Crippen LogP contribution in [0.5, 0.6) is 5.75 Å². The first kappa shape index (κ1) is 11.0. The van der Waals surface area contributed by atoms with E-state index in [0.29, 0.717) is 4.47 Å². The quantitative estimate of drug-likeness (QED) is 0.892. The summed E-state index contributed by atoms with van der Waals surface area (Å²) in [7, 11) is 1.34. The van der Waals surface area contributed by atoms with Crippen molar-refractivity contribution in [1.82, 2.24) is 0 Å². The van der Waals surface area contributed by atoms with Gasteiger partial charge >= 0.3 is 5.97 Å². The molecule has 1 aromatic rings. The Labute approximate surface area is 88.6 Å². The third-order valence-corrected chi connectivity index (χ3v) is 2.44. The molecule has 0 amide bonds. The predicted molar refractivity (Wildman–Crippen MR) is 52.3 cm³/mol. The van der Waals surface area contributed by atoms with E-state index in [4.69, 9.17) is 9.84 Å². The van der Waals surface area contributed by atoms with Crippen molar-refractivity contribution in [3.8, 4) is 5.75 Å². The van der Waals surface area contributed by atoms with Gasteiger partial charge in [0.25, 0.3) is 0 Å². The maximum atomic E-state index is 13.2. The Hall–Kier alpha value is -1.10. The Morgan fingerprint density at radius 3 is 2.64 bits per heavy atom. The van der Waals surface area contributed by atoms with Crippen LogP contribution >= 0.6 is 15.9 Å². The Morgan fingerprint density at radius 1 is 1.64 bits per heavy atom. The van der Waals surface area contributed by atoms with Crippen LogP contribution in [0.25, 0.3) is 0 Å². The highest BCUT2D eigenvalue weighted by Crippen LogP contribution is 2.32. The van der Waals surface area contributed by atoms with Gasteiger partial charge in [0.15, 0.2) is 0 Å². The lowest BCUT2D eigenvalue weighted by molar-refractivity contribution is 0.0691. The fraction of sp³-hybridized carbons (Fsp3) is 0.222. The van der Waals surface area contributed by atoms with Crippen molar-refractivity contribution in [3.63, 3.8) is 0 Å². The molecule has 5 heteroatoms. The van der Waals surface area contributed by atoms with Crippen molar-refractivity contribution < 1.29 is 19.0 Å². The standard InChI is InChI=1S/C9H8BrFO3/c1-4-6(11)3-5(10)8(14-2)7(4)9(12)13/h3H,1-2H3,(H,12,13). The Bertz CT molecular complexity index is 390. The number of rotatable bonds is 2. The number of carboxylic acids is 1. The molecule has 0 spiro atoms. The van der Waals surface area contributed by atoms with Crippen molar-refractivity contribution in [2.24, 2.45) is 0 Å². The average molecular weight is 263 g/mol. The molecule has 1 aromatic carbocycles. The molecular weight excluding hydrogens is 255 g/mol. The summed E-state index contributed by atoms with van der Waals surface area (Å²) in [6.07, 6.45) is 0. The van der Waals surface area contributed by atoms with Crippen LogP contribution < -0.4 is 4.74 Å². The van der Waals surface area contributed by atoms with Gasteiger partial charge in [-0.15, -0.1) is 0 Å². The zero-order valence-corrected chi connectivity index (χ0v) is 9.18. The van der Waals surface area contributed by atoms with Gasteiger partial charge in [-0.05, 0) is 28.9 Å². The van der Waals surface area contributed by atoms with Crippen LogP contribution in [0.4, 0.5) is 4.39 Å². The minimum absolute atomic E-state index is 0.0672. The van der Waals surface area contributed by atoms with Gasteiger partial charge in [0.05, 0.1) is 11.6 Å². The van der Waals surface area contributed by atoms with E-state index in [1.165, 1.54) is 20.1 Å². The molecule has 0 bridgehead atoms. The second-order valence-corrected chi connectivity index (χ2v) is 3.53. The van der Waals surface area contributed by atoms with Crippen LogP contribution in [-0.2, 0) is 0 Å². The summed E-state index contributed by atoms with van der Waals surface area (Å²) in [5.74, 6) is -1.65. The van der Waals surface area contributed by atoms with Gasteiger partial charge in [-0.3, -0.25) is 0 Å². The number of benzene rings is 1. The van der Waals surface area contributed by atoms with Crippen LogP contribution in [0.3, 0.4) is 0 Å². The van der Waals surface area contributed by atoms with Gasteiger partial charge in [-0.2, -0.15) is 0 Å². The van der Waals surface area contributed by atoms with E-state index in [1.54, 1.807) is 0 Å². The monoisotopic (exact) mass is 262 g/mol. The topological polar surface area (TPSA) is 46.5 Å². The zero-order chi connectivity index (χ0) is 10.9. The van der Waals surface area contributed by atoms with Gasteiger partial charge in [0, 0.05) is 5.56 Å². The van der Waals surface area contributed by atoms with Gasteiger partial charge < -0.3 is 9.84 Å². The van der Waals surface area contributed by atoms with E-state index in [9.17, 15) is 9.18 Å². The van der Waals surface area contributed by atoms with Crippen LogP contribution in [0.2, 0.25) is 0 Å². The second-order valence-electron chi connectivity index (χ2n) is 2.68. The first-order chi connectivity index (χ1) is 6.49. The largest absolute Gasteiger partial charge is 0.495 e. The number of hydrogen-bond acceptors (Lipinski definition) is 2. The number of methoxy groups -OCH3 is 1. The molecule has 0 radical (unpaired) electrons. The third kappa shape index (κ3) is 1.72. The predicted octanol–water partition coefficient (Wildman–Crippen LogP) is 2.60. The van der Waals surface area contributed by atoms with Crippen molar-refractivity contribution in [1.29, 1.82) is 0 Å². The number of halogens is 2. The summed E-state index contributed by atoms with van der Waals surface area (Å²) in [6, 6.07) is 1.18. The van der Waals surface area contributed by atoms with E-state index < -0.39 is 11.8 Å². The number of aromatic carboxylic acids is 1. The molecule has 0 aromatic heterocycles. The molecule has 0 aliphatic heterocycles. The first-order valence-electron chi connectivity index (χ1n) is 3.75. The van der Waals surface area contributed by atoms with Crippen molar-refractivity contribution in [2.45, 2.75) is 6.92 Å². The highest BCUT2D eigenvalue weighted by atomic mass is 79.9. The fourth-order valence-corrected chi connectivity index (χ4v) is 1.71. The van der Waals surface area contributed by atoms with Crippen molar-refractivity contribution in [3.05, 3.63) is 27.5 Å². The number of ether oxygens (including phenoxy) is 1. The lowest BCUT2D eigenvalue weighted by atomic mass is 10.1. The summed E-state index contributed by atoms with van der Waals surface area (Å²) in [4.78, 5) is 10.8. The first-order valence-corrected chi connectivity index (χ1v) is 4.54. The van der Waals surface area contributed by atoms with Crippen LogP contribution in [0, 0.1) is 12.7 Å². The lowest BCUT2D eigenvalue weighted by Gasteiger charge is -2.10. The molecule has 0 saturated carbocycles. The van der Waals surface area contributed by atoms with Crippen LogP contribution in [0.15, 0.2) is 10.5 Å². The maximum Gasteiger partial charge on any atom is 0.339 e. The molecule has 0 saturated heterocycles. The summed E-state index contributed by atoms with van der Waals surface area (Å²) < 4.78 is 18.3. The lowest BCUT2D eigenvalue weighted by Crippen LogP contribution is -2.05. The van der Waals surface area contributed by atoms with Crippen molar-refractivity contribution >= 4 is 21.9 Å². The molecule has 0 aliphatic rings. The van der Waals surface area contributed by atoms with Gasteiger partial charge in [0.1, 0.15) is 17.1 Å². The molecule has 1 N–H and O–H groups in total. The molecule has 0 heterocycles. The second kappa shape index (κ2) is 3.96. The molecule has 0 unspecified atom stereocenters. The number of carboxylic acid groups (broad SMARTS) is 1. The summed E-state index contributed by atoms with van der Waals surface area (Å²) in [5, 5.41) is 8.86. The van der Waals surface area contributed by atoms with E-state index in [0.717, 1.165) is 0 Å². The van der Waals surface area contributed by atoms with Gasteiger partial charge in [0.2, 0.25) is 0 Å². The van der Waals surface area contributed by atoms with Crippen LogP contribution in [0.1, 0.15) is 15.9 Å². The third-order valence-electron chi connectivity index (χ3n) is 1.85. The summed E-state index contributed by atoms with van der Waals surface area (Å²) in [6.45, 7) is 1.40. The Morgan fingerprint density at radius 2 is 2.21 bits per heavy atom. The van der Waals surface area contributed by atoms with Gasteiger partial charge in [-0.25, -0.2) is 9.18 Å². The number of carbonyl (C=O) groups is 1. The minimum Gasteiger partial charge on any atom is -0.495 e. The summed E-state index contributed by atoms with van der Waals surface area (Å²) >= 11 is 3.03. The highest BCUT2D eigenvalue weighted by molar-refractivity contribution is 9.10. The van der Waals surface area contributed by atoms with Gasteiger partial charge in [-0.1, -0.05) is 0 Å².